The first-order valence-electron chi connectivity index (χ1n) is 8.89. The number of carbonyl (C=O) groups is 1. The Bertz CT molecular complexity index is 693. The lowest BCUT2D eigenvalue weighted by atomic mass is 9.89. The Morgan fingerprint density at radius 3 is 2.81 bits per heavy atom. The van der Waals surface area contributed by atoms with E-state index in [0.29, 0.717) is 43.9 Å². The number of hydrogen-bond acceptors (Lipinski definition) is 5. The van der Waals surface area contributed by atoms with E-state index < -0.39 is 17.5 Å². The van der Waals surface area contributed by atoms with Gasteiger partial charge in [-0.1, -0.05) is 6.08 Å². The van der Waals surface area contributed by atoms with Crippen molar-refractivity contribution in [1.82, 2.24) is 10.3 Å². The van der Waals surface area contributed by atoms with Crippen LogP contribution in [0.5, 0.6) is 5.88 Å². The van der Waals surface area contributed by atoms with Crippen molar-refractivity contribution >= 4 is 11.7 Å². The number of ether oxygens (including phenoxy) is 3. The van der Waals surface area contributed by atoms with Gasteiger partial charge in [-0.15, -0.1) is 0 Å². The van der Waals surface area contributed by atoms with Crippen LogP contribution in [0.2, 0.25) is 0 Å². The van der Waals surface area contributed by atoms with Crippen molar-refractivity contribution < 1.29 is 23.4 Å². The molecule has 1 fully saturated rings. The first kappa shape index (κ1) is 18.6. The summed E-state index contributed by atoms with van der Waals surface area (Å²) in [6, 6.07) is 1.47. The van der Waals surface area contributed by atoms with Crippen molar-refractivity contribution in [3.05, 3.63) is 29.7 Å². The van der Waals surface area contributed by atoms with E-state index in [2.05, 4.69) is 10.3 Å². The zero-order valence-corrected chi connectivity index (χ0v) is 15.4. The number of pyridine rings is 1. The first-order chi connectivity index (χ1) is 12.3. The highest BCUT2D eigenvalue weighted by atomic mass is 19.1. The van der Waals surface area contributed by atoms with Gasteiger partial charge in [0.15, 0.2) is 0 Å². The lowest BCUT2D eigenvalue weighted by molar-refractivity contribution is 0.0353. The molecule has 0 saturated heterocycles. The molecule has 2 heterocycles. The zero-order valence-electron chi connectivity index (χ0n) is 15.4. The Labute approximate surface area is 152 Å². The molecular formula is C19H25FN2O4. The highest BCUT2D eigenvalue weighted by Crippen LogP contribution is 2.32. The van der Waals surface area contributed by atoms with E-state index in [1.807, 2.05) is 26.8 Å². The molecule has 0 radical (unpaired) electrons. The van der Waals surface area contributed by atoms with Gasteiger partial charge in [0, 0.05) is 24.4 Å². The minimum atomic E-state index is -0.520. The van der Waals surface area contributed by atoms with E-state index >= 15 is 0 Å². The zero-order chi connectivity index (χ0) is 18.7. The summed E-state index contributed by atoms with van der Waals surface area (Å²) >= 11 is 0. The molecule has 1 saturated carbocycles. The van der Waals surface area contributed by atoms with E-state index in [0.717, 1.165) is 11.8 Å². The number of rotatable bonds is 4. The number of alkyl carbamates (subject to hydrolysis) is 1. The number of nitrogens with one attached hydrogen (secondary N) is 1. The Balaban J connectivity index is 1.56. The molecule has 1 aromatic rings. The van der Waals surface area contributed by atoms with Crippen LogP contribution in [-0.2, 0) is 9.47 Å². The van der Waals surface area contributed by atoms with Gasteiger partial charge in [0.2, 0.25) is 5.88 Å². The van der Waals surface area contributed by atoms with Gasteiger partial charge in [0.25, 0.3) is 0 Å². The maximum absolute atomic E-state index is 13.6. The van der Waals surface area contributed by atoms with Gasteiger partial charge >= 0.3 is 6.09 Å². The van der Waals surface area contributed by atoms with Crippen molar-refractivity contribution in [1.29, 1.82) is 0 Å². The normalized spacial score (nSPS) is 22.8. The molecule has 0 unspecified atom stereocenters. The van der Waals surface area contributed by atoms with Gasteiger partial charge in [-0.3, -0.25) is 0 Å². The average molecular weight is 364 g/mol. The molecule has 1 N–H and O–H groups in total. The van der Waals surface area contributed by atoms with Gasteiger partial charge < -0.3 is 19.5 Å². The maximum atomic E-state index is 13.6. The molecule has 2 aliphatic rings. The third-order valence-corrected chi connectivity index (χ3v) is 4.22. The molecule has 0 atom stereocenters. The summed E-state index contributed by atoms with van der Waals surface area (Å²) in [7, 11) is 0. The number of hydrogen-bond donors (Lipinski definition) is 1. The highest BCUT2D eigenvalue weighted by molar-refractivity contribution is 5.70. The van der Waals surface area contributed by atoms with Crippen molar-refractivity contribution in [3.8, 4) is 5.88 Å². The summed E-state index contributed by atoms with van der Waals surface area (Å²) in [6.45, 7) is 6.59. The van der Waals surface area contributed by atoms with Crippen molar-refractivity contribution in [2.45, 2.75) is 57.8 Å². The van der Waals surface area contributed by atoms with E-state index in [4.69, 9.17) is 14.2 Å². The van der Waals surface area contributed by atoms with Crippen LogP contribution in [0.3, 0.4) is 0 Å². The molecule has 1 aromatic heterocycles. The number of nitrogens with zero attached hydrogens (tertiary/aromatic N) is 1. The van der Waals surface area contributed by atoms with Crippen molar-refractivity contribution in [3.63, 3.8) is 0 Å². The first-order valence-corrected chi connectivity index (χ1v) is 8.89. The van der Waals surface area contributed by atoms with Crippen molar-refractivity contribution in [2.24, 2.45) is 0 Å². The SMILES string of the molecule is CC(C)(C)OC(=O)N[C@H]1C[C@@H](Oc2ncc(F)cc2C2=CCOCC2)C1. The van der Waals surface area contributed by atoms with Crippen LogP contribution in [0.1, 0.15) is 45.6 Å². The second kappa shape index (κ2) is 7.61. The molecule has 1 aliphatic heterocycles. The molecule has 1 aliphatic carbocycles. The Morgan fingerprint density at radius 1 is 1.38 bits per heavy atom. The van der Waals surface area contributed by atoms with Crippen LogP contribution >= 0.6 is 0 Å². The van der Waals surface area contributed by atoms with Crippen molar-refractivity contribution in [2.75, 3.05) is 13.2 Å². The summed E-state index contributed by atoms with van der Waals surface area (Å²) in [5.41, 5.74) is 1.14. The Morgan fingerprint density at radius 2 is 2.15 bits per heavy atom. The molecular weight excluding hydrogens is 339 g/mol. The van der Waals surface area contributed by atoms with E-state index in [-0.39, 0.29) is 12.1 Å². The van der Waals surface area contributed by atoms with Gasteiger partial charge in [-0.2, -0.15) is 0 Å². The molecule has 1 amide bonds. The summed E-state index contributed by atoms with van der Waals surface area (Å²) in [4.78, 5) is 15.9. The Hall–Kier alpha value is -2.15. The molecule has 26 heavy (non-hydrogen) atoms. The quantitative estimate of drug-likeness (QED) is 0.886. The minimum absolute atomic E-state index is 0.0149. The second-order valence-electron chi connectivity index (χ2n) is 7.61. The third-order valence-electron chi connectivity index (χ3n) is 4.22. The van der Waals surface area contributed by atoms with Crippen LogP contribution in [-0.4, -0.2) is 42.0 Å². The predicted octanol–water partition coefficient (Wildman–Crippen LogP) is 3.46. The minimum Gasteiger partial charge on any atom is -0.474 e. The molecule has 6 nitrogen and oxygen atoms in total. The van der Waals surface area contributed by atoms with Crippen LogP contribution < -0.4 is 10.1 Å². The van der Waals surface area contributed by atoms with Gasteiger partial charge in [0.05, 0.1) is 19.4 Å². The average Bonchev–Trinajstić information content (AvgIpc) is 2.53. The number of aromatic nitrogens is 1. The van der Waals surface area contributed by atoms with E-state index in [1.54, 1.807) is 0 Å². The third kappa shape index (κ3) is 4.94. The fraction of sp³-hybridized carbons (Fsp3) is 0.579. The summed E-state index contributed by atoms with van der Waals surface area (Å²) in [6.07, 6.45) is 4.64. The van der Waals surface area contributed by atoms with Crippen LogP contribution in [0.4, 0.5) is 9.18 Å². The molecule has 3 rings (SSSR count). The van der Waals surface area contributed by atoms with Gasteiger partial charge in [-0.05, 0) is 38.8 Å². The Kier molecular flexibility index (Phi) is 5.46. The van der Waals surface area contributed by atoms with Gasteiger partial charge in [0.1, 0.15) is 17.5 Å². The van der Waals surface area contributed by atoms with Crippen LogP contribution in [0, 0.1) is 5.82 Å². The fourth-order valence-corrected chi connectivity index (χ4v) is 2.93. The molecule has 7 heteroatoms. The number of carbonyl (C=O) groups excluding carboxylic acids is 1. The highest BCUT2D eigenvalue weighted by Gasteiger charge is 2.34. The number of amides is 1. The molecule has 0 bridgehead atoms. The maximum Gasteiger partial charge on any atom is 0.407 e. The summed E-state index contributed by atoms with van der Waals surface area (Å²) < 4.78 is 30.1. The fourth-order valence-electron chi connectivity index (χ4n) is 2.93. The molecule has 0 spiro atoms. The van der Waals surface area contributed by atoms with E-state index in [9.17, 15) is 9.18 Å². The largest absolute Gasteiger partial charge is 0.474 e. The molecule has 142 valence electrons. The van der Waals surface area contributed by atoms with Crippen LogP contribution in [0.15, 0.2) is 18.3 Å². The monoisotopic (exact) mass is 364 g/mol. The second-order valence-corrected chi connectivity index (χ2v) is 7.61. The summed E-state index contributed by atoms with van der Waals surface area (Å²) in [5.74, 6) is 0.0399. The number of halogens is 1. The van der Waals surface area contributed by atoms with E-state index in [1.165, 1.54) is 6.07 Å². The summed E-state index contributed by atoms with van der Waals surface area (Å²) in [5, 5.41) is 2.83. The topological polar surface area (TPSA) is 69.7 Å². The van der Waals surface area contributed by atoms with Crippen LogP contribution in [0.25, 0.3) is 5.57 Å². The molecule has 0 aromatic carbocycles. The smallest absolute Gasteiger partial charge is 0.407 e. The lowest BCUT2D eigenvalue weighted by Crippen LogP contribution is -2.50. The lowest BCUT2D eigenvalue weighted by Gasteiger charge is -2.36. The predicted molar refractivity (Wildman–Crippen MR) is 94.4 cm³/mol. The van der Waals surface area contributed by atoms with Gasteiger partial charge in [-0.25, -0.2) is 14.2 Å². The standard InChI is InChI=1S/C19H25FN2O4/c1-19(2,3)26-18(23)22-14-9-15(10-14)25-17-16(8-13(20)11-21-17)12-4-6-24-7-5-12/h4,8,11,14-15H,5-7,9-10H2,1-3H3,(H,22,23)/t14-,15+.